The van der Waals surface area contributed by atoms with E-state index in [1.165, 1.54) is 6.42 Å². The number of unbranched alkanes of at least 4 members (excludes halogenated alkanes) is 7. The monoisotopic (exact) mass is 749 g/mol. The summed E-state index contributed by atoms with van der Waals surface area (Å²) in [4.78, 5) is 54.6. The number of pyridine rings is 1. The number of nitrogens with one attached hydrogen (secondary N) is 4. The van der Waals surface area contributed by atoms with Crippen molar-refractivity contribution in [1.29, 1.82) is 0 Å². The minimum Gasteiger partial charge on any atom is -0.449 e. The molecule has 14 nitrogen and oxygen atoms in total. The van der Waals surface area contributed by atoms with Gasteiger partial charge in [0.2, 0.25) is 5.91 Å². The van der Waals surface area contributed by atoms with Crippen molar-refractivity contribution < 1.29 is 23.9 Å². The van der Waals surface area contributed by atoms with Gasteiger partial charge in [-0.05, 0) is 57.9 Å². The molecule has 0 bridgehead atoms. The number of fused-ring (bicyclic) bond motifs is 1. The molecule has 3 aromatic heterocycles. The van der Waals surface area contributed by atoms with E-state index < -0.39 is 6.03 Å². The first-order chi connectivity index (χ1) is 26.7. The maximum atomic E-state index is 12.9. The third kappa shape index (κ3) is 10.9. The Bertz CT molecular complexity index is 2030. The van der Waals surface area contributed by atoms with Crippen molar-refractivity contribution in [2.24, 2.45) is 5.92 Å². The van der Waals surface area contributed by atoms with Crippen molar-refractivity contribution in [1.82, 2.24) is 35.6 Å². The zero-order valence-corrected chi connectivity index (χ0v) is 31.7. The van der Waals surface area contributed by atoms with Gasteiger partial charge in [-0.2, -0.15) is 10.2 Å². The molecule has 0 radical (unpaired) electrons. The van der Waals surface area contributed by atoms with Gasteiger partial charge in [-0.15, -0.1) is 0 Å². The number of hydrogen-bond donors (Lipinski definition) is 4. The number of amides is 5. The van der Waals surface area contributed by atoms with Gasteiger partial charge in [0, 0.05) is 78.4 Å². The molecular weight excluding hydrogens is 699 g/mol. The molecule has 290 valence electrons. The lowest BCUT2D eigenvalue weighted by Gasteiger charge is -2.27. The summed E-state index contributed by atoms with van der Waals surface area (Å²) in [5, 5.41) is 21.5. The molecule has 2 aliphatic rings. The molecule has 14 heteroatoms. The zero-order chi connectivity index (χ0) is 38.6. The van der Waals surface area contributed by atoms with E-state index in [9.17, 15) is 19.2 Å². The Morgan fingerprint density at radius 1 is 1.02 bits per heavy atom. The number of alkyl carbamates (subject to hydrolysis) is 1. The van der Waals surface area contributed by atoms with E-state index in [2.05, 4.69) is 48.1 Å². The molecular formula is C41H51N9O5. The first kappa shape index (κ1) is 39.0. The summed E-state index contributed by atoms with van der Waals surface area (Å²) in [7, 11) is 0. The van der Waals surface area contributed by atoms with E-state index in [1.54, 1.807) is 29.7 Å². The van der Waals surface area contributed by atoms with Crippen LogP contribution in [0.5, 0.6) is 0 Å². The largest absolute Gasteiger partial charge is 0.449 e. The summed E-state index contributed by atoms with van der Waals surface area (Å²) in [5.41, 5.74) is 3.03. The Balaban J connectivity index is 0.836. The third-order valence-electron chi connectivity index (χ3n) is 10.1. The number of benzene rings is 1. The van der Waals surface area contributed by atoms with Crippen LogP contribution in [0.4, 0.5) is 21.1 Å². The summed E-state index contributed by atoms with van der Waals surface area (Å²) in [6, 6.07) is 7.37. The van der Waals surface area contributed by atoms with Gasteiger partial charge in [0.05, 0.1) is 30.3 Å². The molecule has 0 spiro atoms. The number of rotatable bonds is 16. The third-order valence-corrected chi connectivity index (χ3v) is 10.1. The van der Waals surface area contributed by atoms with Crippen LogP contribution in [0.1, 0.15) is 118 Å². The highest BCUT2D eigenvalue weighted by molar-refractivity contribution is 6.10. The molecule has 1 aromatic carbocycles. The van der Waals surface area contributed by atoms with Crippen LogP contribution in [0.2, 0.25) is 0 Å². The summed E-state index contributed by atoms with van der Waals surface area (Å²) < 4.78 is 7.19. The minimum atomic E-state index is -0.426. The van der Waals surface area contributed by atoms with Crippen molar-refractivity contribution in [3.63, 3.8) is 0 Å². The number of nitrogens with zero attached hydrogens (tertiary/aromatic N) is 5. The highest BCUT2D eigenvalue weighted by Gasteiger charge is 2.29. The van der Waals surface area contributed by atoms with Crippen molar-refractivity contribution in [3.05, 3.63) is 65.9 Å². The smallest absolute Gasteiger partial charge is 0.407 e. The maximum Gasteiger partial charge on any atom is 0.407 e. The second-order valence-electron chi connectivity index (χ2n) is 14.8. The van der Waals surface area contributed by atoms with Gasteiger partial charge in [0.1, 0.15) is 0 Å². The fraction of sp³-hybridized carbons (Fsp3) is 0.488. The van der Waals surface area contributed by atoms with Crippen molar-refractivity contribution >= 4 is 46.2 Å². The number of ether oxygens (including phenoxy) is 1. The standard InChI is InChI=1S/C41H51N9O5/c1-28(2)44-41(54)55-27-29-16-17-31(21-29)35-22-37(48-47-35)45-39(52)32-23-43-49(26-32)19-11-9-7-5-3-4-6-8-10-13-30-14-12-15-33-34(30)24-42-25-36(33)50-20-18-38(51)46-40(50)53/h12,14-15,22-26,28-29,31H,3-9,11,16-21,27H2,1-2H3,(H,44,54)(H,46,51,53)(H2,45,47,48,52)/t29?,31-/m0/s1. The van der Waals surface area contributed by atoms with E-state index >= 15 is 0 Å². The van der Waals surface area contributed by atoms with Gasteiger partial charge in [-0.3, -0.25) is 34.6 Å². The quantitative estimate of drug-likeness (QED) is 0.0696. The predicted octanol–water partition coefficient (Wildman–Crippen LogP) is 7.04. The molecule has 4 aromatic rings. The van der Waals surface area contributed by atoms with Crippen LogP contribution < -0.4 is 20.9 Å². The Morgan fingerprint density at radius 3 is 2.65 bits per heavy atom. The minimum absolute atomic E-state index is 0.0453. The predicted molar refractivity (Wildman–Crippen MR) is 210 cm³/mol. The first-order valence-corrected chi connectivity index (χ1v) is 19.5. The normalized spacial score (nSPS) is 16.9. The van der Waals surface area contributed by atoms with Gasteiger partial charge < -0.3 is 15.4 Å². The Hall–Kier alpha value is -5.71. The highest BCUT2D eigenvalue weighted by atomic mass is 16.5. The van der Waals surface area contributed by atoms with Gasteiger partial charge >= 0.3 is 12.1 Å². The topological polar surface area (TPSA) is 176 Å². The van der Waals surface area contributed by atoms with Gasteiger partial charge in [-0.1, -0.05) is 56.1 Å². The number of imide groups is 1. The van der Waals surface area contributed by atoms with Crippen molar-refractivity contribution in [2.45, 2.75) is 109 Å². The first-order valence-electron chi connectivity index (χ1n) is 19.5. The van der Waals surface area contributed by atoms with Crippen LogP contribution in [0.15, 0.2) is 49.1 Å². The SMILES string of the molecule is CC(C)NC(=O)OCC1CC[C@H](c2cc(NC(=O)c3cnn(CCCCCCCCCC#Cc4cccc5c(N6CCC(=O)NC6=O)cncc45)c3)n[nH]2)C1. The Kier molecular flexibility index (Phi) is 13.5. The molecule has 6 rings (SSSR count). The summed E-state index contributed by atoms with van der Waals surface area (Å²) in [6.45, 7) is 5.29. The molecule has 2 fully saturated rings. The number of hydrogen-bond acceptors (Lipinski definition) is 8. The highest BCUT2D eigenvalue weighted by Crippen LogP contribution is 2.38. The number of H-pyrrole nitrogens is 1. The number of aromatic nitrogens is 5. The maximum absolute atomic E-state index is 12.9. The fourth-order valence-electron chi connectivity index (χ4n) is 7.21. The molecule has 4 heterocycles. The van der Waals surface area contributed by atoms with Gasteiger partial charge in [-0.25, -0.2) is 9.59 Å². The second-order valence-corrected chi connectivity index (χ2v) is 14.8. The second kappa shape index (κ2) is 19.1. The van der Waals surface area contributed by atoms with Crippen LogP contribution >= 0.6 is 0 Å². The van der Waals surface area contributed by atoms with Gasteiger partial charge in [0.25, 0.3) is 5.91 Å². The summed E-state index contributed by atoms with van der Waals surface area (Å²) in [6.07, 6.45) is 18.1. The van der Waals surface area contributed by atoms with Crippen LogP contribution in [0.3, 0.4) is 0 Å². The number of aromatic amines is 1. The number of carbonyl (C=O) groups is 4. The van der Waals surface area contributed by atoms with E-state index in [4.69, 9.17) is 4.74 Å². The van der Waals surface area contributed by atoms with Crippen molar-refractivity contribution in [3.8, 4) is 11.8 Å². The number of carbonyl (C=O) groups excluding carboxylic acids is 4. The average molecular weight is 750 g/mol. The molecule has 1 saturated heterocycles. The Morgan fingerprint density at radius 2 is 1.84 bits per heavy atom. The molecule has 1 aliphatic carbocycles. The lowest BCUT2D eigenvalue weighted by Crippen LogP contribution is -2.49. The Labute approximate surface area is 321 Å². The molecule has 2 atom stereocenters. The average Bonchev–Trinajstić information content (AvgIpc) is 3.95. The van der Waals surface area contributed by atoms with Crippen LogP contribution in [-0.2, 0) is 16.1 Å². The number of anilines is 2. The summed E-state index contributed by atoms with van der Waals surface area (Å²) in [5.74, 6) is 7.18. The molecule has 5 amide bonds. The molecule has 55 heavy (non-hydrogen) atoms. The van der Waals surface area contributed by atoms with Crippen LogP contribution in [0.25, 0.3) is 10.8 Å². The van der Waals surface area contributed by atoms with E-state index in [0.717, 1.165) is 92.8 Å². The van der Waals surface area contributed by atoms with Crippen molar-refractivity contribution in [2.75, 3.05) is 23.4 Å². The van der Waals surface area contributed by atoms with Gasteiger partial charge in [0.15, 0.2) is 5.82 Å². The molecule has 1 saturated carbocycles. The lowest BCUT2D eigenvalue weighted by molar-refractivity contribution is -0.120. The van der Waals surface area contributed by atoms with E-state index in [1.807, 2.05) is 42.8 Å². The number of aryl methyl sites for hydroxylation is 1. The van der Waals surface area contributed by atoms with E-state index in [-0.39, 0.29) is 36.3 Å². The van der Waals surface area contributed by atoms with Crippen LogP contribution in [-0.4, -0.2) is 68.1 Å². The summed E-state index contributed by atoms with van der Waals surface area (Å²) >= 11 is 0. The zero-order valence-electron chi connectivity index (χ0n) is 31.7. The molecule has 1 unspecified atom stereocenters. The van der Waals surface area contributed by atoms with E-state index in [0.29, 0.717) is 36.1 Å². The molecule has 4 N–H and O–H groups in total. The molecule has 1 aliphatic heterocycles. The fourth-order valence-corrected chi connectivity index (χ4v) is 7.21. The lowest BCUT2D eigenvalue weighted by atomic mass is 10.0. The van der Waals surface area contributed by atoms with Crippen LogP contribution in [0, 0.1) is 17.8 Å². The number of urea groups is 1.